The topological polar surface area (TPSA) is 138 Å². The molecule has 1 aromatic rings. The van der Waals surface area contributed by atoms with Crippen LogP contribution in [0.5, 0.6) is 0 Å². The van der Waals surface area contributed by atoms with Gasteiger partial charge in [0.15, 0.2) is 0 Å². The molecule has 21 heavy (non-hydrogen) atoms. The average Bonchev–Trinajstić information content (AvgIpc) is 2.79. The van der Waals surface area contributed by atoms with Crippen molar-refractivity contribution in [3.8, 4) is 0 Å². The summed E-state index contributed by atoms with van der Waals surface area (Å²) < 4.78 is 0. The largest absolute Gasteiger partial charge is 0.481 e. The van der Waals surface area contributed by atoms with Crippen LogP contribution in [0.1, 0.15) is 16.8 Å². The fourth-order valence-corrected chi connectivity index (χ4v) is 2.22. The van der Waals surface area contributed by atoms with E-state index in [2.05, 4.69) is 0 Å². The maximum atomic E-state index is 11.9. The van der Waals surface area contributed by atoms with E-state index in [4.69, 9.17) is 10.2 Å². The number of para-hydroxylation sites is 1. The number of amides is 1. The van der Waals surface area contributed by atoms with Gasteiger partial charge in [0.25, 0.3) is 5.69 Å². The van der Waals surface area contributed by atoms with Crippen molar-refractivity contribution in [2.45, 2.75) is 6.42 Å². The molecule has 1 unspecified atom stereocenters. The summed E-state index contributed by atoms with van der Waals surface area (Å²) in [7, 11) is 0. The molecule has 1 aliphatic rings. The van der Waals surface area contributed by atoms with Crippen molar-refractivity contribution in [3.05, 3.63) is 33.9 Å². The molecule has 0 bridgehead atoms. The van der Waals surface area contributed by atoms with E-state index in [1.807, 2.05) is 0 Å². The maximum Gasteiger partial charge on any atom is 0.338 e. The molecule has 0 aliphatic carbocycles. The van der Waals surface area contributed by atoms with E-state index in [-0.39, 0.29) is 18.7 Å². The van der Waals surface area contributed by atoms with Crippen molar-refractivity contribution in [3.63, 3.8) is 0 Å². The number of carbonyl (C=O) groups excluding carboxylic acids is 1. The summed E-state index contributed by atoms with van der Waals surface area (Å²) in [6, 6.07) is 3.40. The van der Waals surface area contributed by atoms with Crippen LogP contribution >= 0.6 is 0 Å². The van der Waals surface area contributed by atoms with E-state index in [0.717, 1.165) is 17.0 Å². The first-order valence-electron chi connectivity index (χ1n) is 5.86. The Labute approximate surface area is 117 Å². The number of aliphatic carboxylic acids is 1. The normalized spacial score (nSPS) is 17.8. The summed E-state index contributed by atoms with van der Waals surface area (Å²) in [5.74, 6) is -4.31. The van der Waals surface area contributed by atoms with Gasteiger partial charge in [0.1, 0.15) is 5.69 Å². The van der Waals surface area contributed by atoms with Crippen LogP contribution in [-0.4, -0.2) is 39.5 Å². The number of anilines is 1. The van der Waals surface area contributed by atoms with E-state index < -0.39 is 39.9 Å². The summed E-state index contributed by atoms with van der Waals surface area (Å²) in [6.45, 7) is -0.292. The minimum absolute atomic E-state index is 0.292. The minimum atomic E-state index is -1.43. The lowest BCUT2D eigenvalue weighted by molar-refractivity contribution is -0.384. The van der Waals surface area contributed by atoms with Crippen LogP contribution in [0.15, 0.2) is 18.2 Å². The summed E-state index contributed by atoms with van der Waals surface area (Å²) in [6.07, 6.45) is -0.319. The fraction of sp³-hybridized carbons (Fsp3) is 0.250. The lowest BCUT2D eigenvalue weighted by Gasteiger charge is -2.18. The molecule has 1 saturated heterocycles. The second-order valence-electron chi connectivity index (χ2n) is 4.48. The summed E-state index contributed by atoms with van der Waals surface area (Å²) >= 11 is 0. The van der Waals surface area contributed by atoms with Gasteiger partial charge in [-0.2, -0.15) is 0 Å². The van der Waals surface area contributed by atoms with Gasteiger partial charge in [-0.15, -0.1) is 0 Å². The second-order valence-corrected chi connectivity index (χ2v) is 4.48. The maximum absolute atomic E-state index is 11.9. The number of hydrogen-bond donors (Lipinski definition) is 2. The Morgan fingerprint density at radius 2 is 2.00 bits per heavy atom. The number of rotatable bonds is 4. The van der Waals surface area contributed by atoms with E-state index in [1.165, 1.54) is 6.07 Å². The number of nitro benzene ring substituents is 1. The van der Waals surface area contributed by atoms with E-state index in [0.29, 0.717) is 0 Å². The molecule has 9 heteroatoms. The second kappa shape index (κ2) is 5.19. The number of benzene rings is 1. The van der Waals surface area contributed by atoms with Crippen LogP contribution in [0.3, 0.4) is 0 Å². The average molecular weight is 294 g/mol. The van der Waals surface area contributed by atoms with Crippen LogP contribution in [0.2, 0.25) is 0 Å². The zero-order valence-electron chi connectivity index (χ0n) is 10.6. The molecule has 1 heterocycles. The quantitative estimate of drug-likeness (QED) is 0.616. The number of carbonyl (C=O) groups is 3. The minimum Gasteiger partial charge on any atom is -0.481 e. The molecule has 110 valence electrons. The number of aromatic carboxylic acids is 1. The highest BCUT2D eigenvalue weighted by Crippen LogP contribution is 2.36. The number of nitrogens with zero attached hydrogens (tertiary/aromatic N) is 2. The first kappa shape index (κ1) is 14.4. The monoisotopic (exact) mass is 294 g/mol. The molecule has 1 atom stereocenters. The van der Waals surface area contributed by atoms with E-state index in [1.54, 1.807) is 0 Å². The Kier molecular flexibility index (Phi) is 3.57. The smallest absolute Gasteiger partial charge is 0.338 e. The van der Waals surface area contributed by atoms with E-state index >= 15 is 0 Å². The molecule has 2 rings (SSSR count). The van der Waals surface area contributed by atoms with Gasteiger partial charge >= 0.3 is 11.9 Å². The summed E-state index contributed by atoms with van der Waals surface area (Å²) in [5.41, 5.74) is -1.33. The molecule has 1 amide bonds. The predicted octanol–water partition coefficient (Wildman–Crippen LogP) is 0.730. The van der Waals surface area contributed by atoms with Crippen LogP contribution < -0.4 is 4.90 Å². The van der Waals surface area contributed by atoms with Crippen LogP contribution in [0.4, 0.5) is 11.4 Å². The fourth-order valence-electron chi connectivity index (χ4n) is 2.22. The third-order valence-corrected chi connectivity index (χ3v) is 3.19. The summed E-state index contributed by atoms with van der Waals surface area (Å²) in [4.78, 5) is 45.1. The lowest BCUT2D eigenvalue weighted by Crippen LogP contribution is -2.28. The molecule has 1 aromatic carbocycles. The number of nitro groups is 1. The molecule has 0 aromatic heterocycles. The van der Waals surface area contributed by atoms with Crippen LogP contribution in [-0.2, 0) is 9.59 Å². The van der Waals surface area contributed by atoms with Crippen molar-refractivity contribution < 1.29 is 29.5 Å². The van der Waals surface area contributed by atoms with Crippen LogP contribution in [0, 0.1) is 16.0 Å². The zero-order valence-corrected chi connectivity index (χ0v) is 10.6. The molecule has 1 aliphatic heterocycles. The van der Waals surface area contributed by atoms with Gasteiger partial charge in [-0.1, -0.05) is 6.07 Å². The molecule has 0 radical (unpaired) electrons. The molecular formula is C12H10N2O7. The molecule has 1 fully saturated rings. The first-order chi connectivity index (χ1) is 9.82. The third kappa shape index (κ3) is 2.53. The predicted molar refractivity (Wildman–Crippen MR) is 68.2 cm³/mol. The van der Waals surface area contributed by atoms with Crippen molar-refractivity contribution in [2.75, 3.05) is 11.4 Å². The highest BCUT2D eigenvalue weighted by atomic mass is 16.6. The Hall–Kier alpha value is -2.97. The molecule has 9 nitrogen and oxygen atoms in total. The highest BCUT2D eigenvalue weighted by molar-refractivity contribution is 6.07. The Morgan fingerprint density at radius 1 is 1.33 bits per heavy atom. The van der Waals surface area contributed by atoms with Gasteiger partial charge in [-0.05, 0) is 6.07 Å². The molecule has 0 spiro atoms. The van der Waals surface area contributed by atoms with Gasteiger partial charge in [0.2, 0.25) is 5.91 Å². The van der Waals surface area contributed by atoms with Crippen molar-refractivity contribution in [2.24, 2.45) is 5.92 Å². The third-order valence-electron chi connectivity index (χ3n) is 3.19. The first-order valence-corrected chi connectivity index (χ1v) is 5.86. The molecule has 2 N–H and O–H groups in total. The zero-order chi connectivity index (χ0) is 15.7. The van der Waals surface area contributed by atoms with Crippen molar-refractivity contribution in [1.29, 1.82) is 0 Å². The SMILES string of the molecule is O=C(O)c1cccc([N+](=O)[O-])c1N1CC(C(=O)O)CC1=O. The molecule has 0 saturated carbocycles. The van der Waals surface area contributed by atoms with Gasteiger partial charge in [0, 0.05) is 19.0 Å². The van der Waals surface area contributed by atoms with Gasteiger partial charge in [0.05, 0.1) is 16.4 Å². The van der Waals surface area contributed by atoms with Gasteiger partial charge in [-0.25, -0.2) is 4.79 Å². The Morgan fingerprint density at radius 3 is 2.48 bits per heavy atom. The standard InChI is InChI=1S/C12H10N2O7/c15-9-4-6(11(16)17)5-13(9)10-7(12(18)19)2-1-3-8(10)14(20)21/h1-3,6H,4-5H2,(H,16,17)(H,18,19). The number of carboxylic acids is 2. The Balaban J connectivity index is 2.57. The van der Waals surface area contributed by atoms with Crippen molar-refractivity contribution >= 4 is 29.2 Å². The number of hydrogen-bond acceptors (Lipinski definition) is 5. The highest BCUT2D eigenvalue weighted by Gasteiger charge is 2.39. The van der Waals surface area contributed by atoms with Crippen molar-refractivity contribution in [1.82, 2.24) is 0 Å². The van der Waals surface area contributed by atoms with Crippen LogP contribution in [0.25, 0.3) is 0 Å². The lowest BCUT2D eigenvalue weighted by atomic mass is 10.1. The number of carboxylic acid groups (broad SMARTS) is 2. The van der Waals surface area contributed by atoms with E-state index in [9.17, 15) is 24.5 Å². The Bertz CT molecular complexity index is 623. The summed E-state index contributed by atoms with van der Waals surface area (Å²) in [5, 5.41) is 29.1. The van der Waals surface area contributed by atoms with Gasteiger partial charge < -0.3 is 15.1 Å². The molecular weight excluding hydrogens is 284 g/mol. The van der Waals surface area contributed by atoms with Gasteiger partial charge in [-0.3, -0.25) is 19.7 Å².